The van der Waals surface area contributed by atoms with Crippen molar-refractivity contribution >= 4 is 11.9 Å². The molecular formula is C22H13F3N2O6. The molecule has 168 valence electrons. The van der Waals surface area contributed by atoms with Gasteiger partial charge in [0.2, 0.25) is 0 Å². The molecule has 0 aromatic heterocycles. The maximum atomic E-state index is 13.3. The average molecular weight is 458 g/mol. The van der Waals surface area contributed by atoms with E-state index in [9.17, 15) is 33.0 Å². The molecule has 0 aliphatic carbocycles. The highest BCUT2D eigenvalue weighted by Gasteiger charge is 2.58. The SMILES string of the molecule is O=C1c2ccccc2C2(c3ccc(O)cc3Oc3cc(O)ccc32)N1NOC(=O)C(F)(F)F. The maximum Gasteiger partial charge on any atom is 0.492 e. The molecule has 0 saturated carbocycles. The number of fused-ring (bicyclic) bond motifs is 6. The number of amides is 1. The summed E-state index contributed by atoms with van der Waals surface area (Å²) in [7, 11) is 0. The zero-order valence-electron chi connectivity index (χ0n) is 16.4. The van der Waals surface area contributed by atoms with Crippen molar-refractivity contribution in [3.63, 3.8) is 0 Å². The molecule has 3 aromatic carbocycles. The first-order valence-corrected chi connectivity index (χ1v) is 9.46. The fourth-order valence-corrected chi connectivity index (χ4v) is 4.22. The average Bonchev–Trinajstić information content (AvgIpc) is 3.00. The Morgan fingerprint density at radius 1 is 0.939 bits per heavy atom. The number of carbonyl (C=O) groups is 2. The molecule has 5 rings (SSSR count). The van der Waals surface area contributed by atoms with E-state index in [0.717, 1.165) is 5.01 Å². The zero-order chi connectivity index (χ0) is 23.5. The molecule has 8 nitrogen and oxygen atoms in total. The Morgan fingerprint density at radius 2 is 1.52 bits per heavy atom. The van der Waals surface area contributed by atoms with Crippen molar-refractivity contribution in [1.29, 1.82) is 0 Å². The van der Waals surface area contributed by atoms with E-state index < -0.39 is 23.6 Å². The number of ether oxygens (including phenoxy) is 1. The van der Waals surface area contributed by atoms with Crippen LogP contribution in [0.25, 0.3) is 0 Å². The van der Waals surface area contributed by atoms with E-state index in [4.69, 9.17) is 4.74 Å². The maximum absolute atomic E-state index is 13.3. The van der Waals surface area contributed by atoms with Crippen molar-refractivity contribution in [2.45, 2.75) is 11.7 Å². The van der Waals surface area contributed by atoms with Gasteiger partial charge in [0.15, 0.2) is 0 Å². The van der Waals surface area contributed by atoms with Crippen LogP contribution in [0.4, 0.5) is 13.2 Å². The number of phenols is 2. The van der Waals surface area contributed by atoms with Crippen LogP contribution in [0.3, 0.4) is 0 Å². The number of halogens is 3. The normalized spacial score (nSPS) is 15.5. The van der Waals surface area contributed by atoms with Gasteiger partial charge in [-0.3, -0.25) is 4.79 Å². The summed E-state index contributed by atoms with van der Waals surface area (Å²) in [6.45, 7) is 0. The quantitative estimate of drug-likeness (QED) is 0.505. The Balaban J connectivity index is 1.79. The van der Waals surface area contributed by atoms with E-state index in [2.05, 4.69) is 4.84 Å². The van der Waals surface area contributed by atoms with Crippen LogP contribution in [0.2, 0.25) is 0 Å². The van der Waals surface area contributed by atoms with Crippen molar-refractivity contribution in [3.8, 4) is 23.0 Å². The highest BCUT2D eigenvalue weighted by atomic mass is 19.4. The highest BCUT2D eigenvalue weighted by Crippen LogP contribution is 2.57. The van der Waals surface area contributed by atoms with Crippen LogP contribution in [0.5, 0.6) is 23.0 Å². The second kappa shape index (κ2) is 6.87. The van der Waals surface area contributed by atoms with Gasteiger partial charge in [-0.25, -0.2) is 9.80 Å². The van der Waals surface area contributed by atoms with Crippen LogP contribution < -0.4 is 10.3 Å². The van der Waals surface area contributed by atoms with Gasteiger partial charge >= 0.3 is 12.1 Å². The molecule has 2 aliphatic rings. The van der Waals surface area contributed by atoms with Gasteiger partial charge in [-0.05, 0) is 30.3 Å². The zero-order valence-corrected chi connectivity index (χ0v) is 16.4. The molecule has 1 spiro atoms. The van der Waals surface area contributed by atoms with Gasteiger partial charge in [0.1, 0.15) is 28.5 Å². The molecule has 0 fully saturated rings. The number of hydrogen-bond donors (Lipinski definition) is 3. The topological polar surface area (TPSA) is 108 Å². The number of hydrogen-bond acceptors (Lipinski definition) is 7. The highest BCUT2D eigenvalue weighted by molar-refractivity contribution is 6.02. The molecule has 0 unspecified atom stereocenters. The molecule has 0 saturated heterocycles. The first-order chi connectivity index (χ1) is 15.6. The van der Waals surface area contributed by atoms with Crippen molar-refractivity contribution in [2.75, 3.05) is 0 Å². The van der Waals surface area contributed by atoms with Gasteiger partial charge in [0, 0.05) is 34.4 Å². The van der Waals surface area contributed by atoms with Gasteiger partial charge in [-0.1, -0.05) is 23.8 Å². The lowest BCUT2D eigenvalue weighted by atomic mass is 9.75. The Hall–Kier alpha value is -4.25. The van der Waals surface area contributed by atoms with Crippen LogP contribution >= 0.6 is 0 Å². The standard InChI is InChI=1S/C22H13F3N2O6/c23-22(24,25)20(31)33-26-27-19(30)13-3-1-2-4-14(13)21(27)15-7-5-11(28)9-17(15)32-18-10-12(29)6-8-16(18)21/h1-10,26,28-29H. The lowest BCUT2D eigenvalue weighted by Crippen LogP contribution is -2.55. The van der Waals surface area contributed by atoms with Gasteiger partial charge in [-0.15, -0.1) is 0 Å². The van der Waals surface area contributed by atoms with Crippen LogP contribution in [0, 0.1) is 0 Å². The molecule has 2 heterocycles. The van der Waals surface area contributed by atoms with E-state index in [-0.39, 0.29) is 39.7 Å². The Kier molecular flexibility index (Phi) is 4.30. The Labute approximate surface area is 183 Å². The first-order valence-electron chi connectivity index (χ1n) is 9.46. The largest absolute Gasteiger partial charge is 0.508 e. The summed E-state index contributed by atoms with van der Waals surface area (Å²) in [5.41, 5.74) is 1.26. The van der Waals surface area contributed by atoms with E-state index in [1.807, 2.05) is 5.59 Å². The summed E-state index contributed by atoms with van der Waals surface area (Å²) in [5.74, 6) is -3.52. The minimum atomic E-state index is -5.31. The van der Waals surface area contributed by atoms with Crippen molar-refractivity contribution < 1.29 is 42.5 Å². The van der Waals surface area contributed by atoms with Crippen molar-refractivity contribution in [3.05, 3.63) is 82.9 Å². The van der Waals surface area contributed by atoms with Crippen LogP contribution in [0.1, 0.15) is 27.0 Å². The molecular weight excluding hydrogens is 445 g/mol. The number of hydrazine groups is 1. The van der Waals surface area contributed by atoms with Crippen molar-refractivity contribution in [1.82, 2.24) is 10.6 Å². The number of alkyl halides is 3. The van der Waals surface area contributed by atoms with E-state index in [1.165, 1.54) is 42.5 Å². The number of aromatic hydroxyl groups is 2. The molecule has 0 bridgehead atoms. The molecule has 0 atom stereocenters. The summed E-state index contributed by atoms with van der Waals surface area (Å²) in [6, 6.07) is 14.3. The lowest BCUT2D eigenvalue weighted by Gasteiger charge is -2.43. The van der Waals surface area contributed by atoms with Gasteiger partial charge < -0.3 is 19.8 Å². The predicted octanol–water partition coefficient (Wildman–Crippen LogP) is 3.48. The number of carbonyl (C=O) groups excluding carboxylic acids is 2. The second-order valence-corrected chi connectivity index (χ2v) is 7.34. The molecule has 2 aliphatic heterocycles. The van der Waals surface area contributed by atoms with Crippen LogP contribution in [-0.2, 0) is 15.2 Å². The van der Waals surface area contributed by atoms with E-state index in [0.29, 0.717) is 5.56 Å². The van der Waals surface area contributed by atoms with Gasteiger partial charge in [0.25, 0.3) is 5.91 Å². The van der Waals surface area contributed by atoms with E-state index >= 15 is 0 Å². The molecule has 0 radical (unpaired) electrons. The fourth-order valence-electron chi connectivity index (χ4n) is 4.22. The minimum Gasteiger partial charge on any atom is -0.508 e. The summed E-state index contributed by atoms with van der Waals surface area (Å²) in [4.78, 5) is 29.0. The third kappa shape index (κ3) is 2.89. The minimum absolute atomic E-state index is 0.0755. The van der Waals surface area contributed by atoms with Crippen molar-refractivity contribution in [2.24, 2.45) is 0 Å². The number of benzene rings is 3. The predicted molar refractivity (Wildman–Crippen MR) is 104 cm³/mol. The molecule has 33 heavy (non-hydrogen) atoms. The summed E-state index contributed by atoms with van der Waals surface area (Å²) in [5, 5.41) is 20.7. The number of phenolic OH excluding ortho intramolecular Hbond substituents is 2. The number of nitrogens with one attached hydrogen (secondary N) is 1. The molecule has 3 aromatic rings. The second-order valence-electron chi connectivity index (χ2n) is 7.34. The Bertz CT molecular complexity index is 1270. The summed E-state index contributed by atoms with van der Waals surface area (Å²) >= 11 is 0. The third-order valence-corrected chi connectivity index (χ3v) is 5.48. The smallest absolute Gasteiger partial charge is 0.492 e. The molecule has 11 heteroatoms. The van der Waals surface area contributed by atoms with Crippen LogP contribution in [-0.4, -0.2) is 33.3 Å². The molecule has 1 amide bonds. The van der Waals surface area contributed by atoms with Gasteiger partial charge in [0.05, 0.1) is 0 Å². The van der Waals surface area contributed by atoms with Crippen LogP contribution in [0.15, 0.2) is 60.7 Å². The van der Waals surface area contributed by atoms with Gasteiger partial charge in [-0.2, -0.15) is 13.2 Å². The van der Waals surface area contributed by atoms with E-state index in [1.54, 1.807) is 18.2 Å². The summed E-state index contributed by atoms with van der Waals surface area (Å²) in [6.07, 6.45) is -5.31. The monoisotopic (exact) mass is 458 g/mol. The Morgan fingerprint density at radius 3 is 2.09 bits per heavy atom. The summed E-state index contributed by atoms with van der Waals surface area (Å²) < 4.78 is 44.2. The fraction of sp³-hybridized carbons (Fsp3) is 0.0909. The first kappa shape index (κ1) is 20.6. The molecule has 3 N–H and O–H groups in total. The number of nitrogens with zero attached hydrogens (tertiary/aromatic N) is 1. The number of rotatable bonds is 2. The lowest BCUT2D eigenvalue weighted by molar-refractivity contribution is -0.217. The third-order valence-electron chi connectivity index (χ3n) is 5.48.